The van der Waals surface area contributed by atoms with E-state index in [4.69, 9.17) is 0 Å². The molecule has 0 saturated carbocycles. The van der Waals surface area contributed by atoms with Crippen molar-refractivity contribution in [3.05, 3.63) is 17.5 Å². The van der Waals surface area contributed by atoms with E-state index >= 15 is 0 Å². The Hall–Kier alpha value is -0.840. The summed E-state index contributed by atoms with van der Waals surface area (Å²) < 4.78 is 24.6. The van der Waals surface area contributed by atoms with E-state index in [1.165, 1.54) is 0 Å². The fourth-order valence-corrected chi connectivity index (χ4v) is 2.87. The van der Waals surface area contributed by atoms with E-state index < -0.39 is 10.0 Å². The van der Waals surface area contributed by atoms with Gasteiger partial charge in [0.25, 0.3) is 10.0 Å². The molecule has 1 aromatic rings. The second-order valence-corrected chi connectivity index (χ2v) is 5.36. The summed E-state index contributed by atoms with van der Waals surface area (Å²) in [5, 5.41) is 3.96. The minimum Gasteiger partial charge on any atom is -0.205 e. The Balaban J connectivity index is 2.98. The van der Waals surface area contributed by atoms with Crippen LogP contribution in [-0.4, -0.2) is 23.4 Å². The lowest BCUT2D eigenvalue weighted by Gasteiger charge is -2.04. The highest BCUT2D eigenvalue weighted by Crippen LogP contribution is 2.07. The highest BCUT2D eigenvalue weighted by atomic mass is 32.2. The van der Waals surface area contributed by atoms with Gasteiger partial charge in [-0.1, -0.05) is 13.3 Å². The molecule has 0 spiro atoms. The molecule has 80 valence electrons. The SMILES string of the molecule is CCCCS(=O)(=O)n1nc(C)cc1C. The van der Waals surface area contributed by atoms with Gasteiger partial charge in [0, 0.05) is 0 Å². The van der Waals surface area contributed by atoms with Gasteiger partial charge in [0.2, 0.25) is 0 Å². The number of hydrogen-bond acceptors (Lipinski definition) is 3. The lowest BCUT2D eigenvalue weighted by Crippen LogP contribution is -2.19. The smallest absolute Gasteiger partial charge is 0.205 e. The zero-order valence-electron chi connectivity index (χ0n) is 8.82. The van der Waals surface area contributed by atoms with E-state index in [1.54, 1.807) is 19.9 Å². The van der Waals surface area contributed by atoms with Crippen molar-refractivity contribution in [2.24, 2.45) is 0 Å². The molecule has 0 saturated heterocycles. The Morgan fingerprint density at radius 3 is 2.50 bits per heavy atom. The van der Waals surface area contributed by atoms with Crippen LogP contribution in [0.1, 0.15) is 31.2 Å². The Morgan fingerprint density at radius 2 is 2.07 bits per heavy atom. The number of nitrogens with zero attached hydrogens (tertiary/aromatic N) is 2. The largest absolute Gasteiger partial charge is 0.254 e. The summed E-state index contributed by atoms with van der Waals surface area (Å²) in [6, 6.07) is 1.77. The molecule has 0 amide bonds. The lowest BCUT2D eigenvalue weighted by molar-refractivity contribution is 0.574. The first-order valence-electron chi connectivity index (χ1n) is 4.74. The molecule has 0 aliphatic rings. The van der Waals surface area contributed by atoms with Crippen molar-refractivity contribution in [2.45, 2.75) is 33.6 Å². The van der Waals surface area contributed by atoms with Gasteiger partial charge in [0.15, 0.2) is 0 Å². The van der Waals surface area contributed by atoms with E-state index in [2.05, 4.69) is 5.10 Å². The van der Waals surface area contributed by atoms with E-state index in [1.807, 2.05) is 6.92 Å². The van der Waals surface area contributed by atoms with Crippen molar-refractivity contribution in [1.29, 1.82) is 0 Å². The molecule has 4 nitrogen and oxygen atoms in total. The minimum atomic E-state index is -3.23. The van der Waals surface area contributed by atoms with Crippen LogP contribution in [0.3, 0.4) is 0 Å². The van der Waals surface area contributed by atoms with E-state index in [0.717, 1.165) is 16.2 Å². The molecule has 0 fully saturated rings. The van der Waals surface area contributed by atoms with Gasteiger partial charge in [0.1, 0.15) is 0 Å². The average molecular weight is 216 g/mol. The van der Waals surface area contributed by atoms with Gasteiger partial charge in [-0.3, -0.25) is 0 Å². The number of hydrogen-bond donors (Lipinski definition) is 0. The molecule has 0 N–H and O–H groups in total. The van der Waals surface area contributed by atoms with Crippen LogP contribution >= 0.6 is 0 Å². The molecule has 0 aliphatic carbocycles. The minimum absolute atomic E-state index is 0.172. The maximum atomic E-state index is 11.7. The normalized spacial score (nSPS) is 11.9. The second kappa shape index (κ2) is 4.13. The third-order valence-corrected chi connectivity index (χ3v) is 3.69. The lowest BCUT2D eigenvalue weighted by atomic mass is 10.4. The summed E-state index contributed by atoms with van der Waals surface area (Å²) in [7, 11) is -3.23. The van der Waals surface area contributed by atoms with Gasteiger partial charge in [-0.2, -0.15) is 9.19 Å². The maximum Gasteiger partial charge on any atom is 0.254 e. The molecule has 5 heteroatoms. The molecule has 1 aromatic heterocycles. The summed E-state index contributed by atoms with van der Waals surface area (Å²) >= 11 is 0. The predicted molar refractivity (Wildman–Crippen MR) is 55.8 cm³/mol. The number of unbranched alkanes of at least 4 members (excludes halogenated alkanes) is 1. The van der Waals surface area contributed by atoms with E-state index in [0.29, 0.717) is 12.1 Å². The van der Waals surface area contributed by atoms with Crippen LogP contribution in [0.4, 0.5) is 0 Å². The molecule has 0 aliphatic heterocycles. The first-order chi connectivity index (χ1) is 6.47. The molecule has 1 rings (SSSR count). The van der Waals surface area contributed by atoms with Crippen molar-refractivity contribution in [1.82, 2.24) is 9.19 Å². The molecule has 0 aromatic carbocycles. The molecule has 1 heterocycles. The van der Waals surface area contributed by atoms with Gasteiger partial charge in [0.05, 0.1) is 17.1 Å². The van der Waals surface area contributed by atoms with Gasteiger partial charge >= 0.3 is 0 Å². The van der Waals surface area contributed by atoms with Crippen LogP contribution < -0.4 is 0 Å². The van der Waals surface area contributed by atoms with Crippen LogP contribution in [0.5, 0.6) is 0 Å². The Bertz CT molecular complexity index is 406. The van der Waals surface area contributed by atoms with E-state index in [-0.39, 0.29) is 5.75 Å². The summed E-state index contributed by atoms with van der Waals surface area (Å²) in [5.74, 6) is 0.172. The summed E-state index contributed by atoms with van der Waals surface area (Å²) in [5.41, 5.74) is 1.42. The molecule has 14 heavy (non-hydrogen) atoms. The Kier molecular flexibility index (Phi) is 3.31. The average Bonchev–Trinajstić information content (AvgIpc) is 2.42. The highest BCUT2D eigenvalue weighted by molar-refractivity contribution is 7.89. The first kappa shape index (κ1) is 11.2. The van der Waals surface area contributed by atoms with Crippen molar-refractivity contribution in [2.75, 3.05) is 5.75 Å². The second-order valence-electron chi connectivity index (χ2n) is 3.44. The topological polar surface area (TPSA) is 52.0 Å². The van der Waals surface area contributed by atoms with Gasteiger partial charge in [-0.05, 0) is 26.3 Å². The van der Waals surface area contributed by atoms with Crippen molar-refractivity contribution in [3.8, 4) is 0 Å². The van der Waals surface area contributed by atoms with Gasteiger partial charge in [-0.15, -0.1) is 0 Å². The van der Waals surface area contributed by atoms with Crippen molar-refractivity contribution in [3.63, 3.8) is 0 Å². The van der Waals surface area contributed by atoms with Crippen LogP contribution in [0, 0.1) is 13.8 Å². The number of aromatic nitrogens is 2. The molecule has 0 bridgehead atoms. The quantitative estimate of drug-likeness (QED) is 0.766. The Morgan fingerprint density at radius 1 is 1.43 bits per heavy atom. The number of aryl methyl sites for hydroxylation is 2. The third-order valence-electron chi connectivity index (χ3n) is 1.99. The fourth-order valence-electron chi connectivity index (χ4n) is 1.30. The zero-order chi connectivity index (χ0) is 10.8. The zero-order valence-corrected chi connectivity index (χ0v) is 9.63. The maximum absolute atomic E-state index is 11.7. The Labute approximate surface area is 85.0 Å². The van der Waals surface area contributed by atoms with Crippen molar-refractivity contribution < 1.29 is 8.42 Å². The van der Waals surface area contributed by atoms with Gasteiger partial charge in [-0.25, -0.2) is 8.42 Å². The predicted octanol–water partition coefficient (Wildman–Crippen LogP) is 1.48. The van der Waals surface area contributed by atoms with Crippen LogP contribution in [0.15, 0.2) is 6.07 Å². The van der Waals surface area contributed by atoms with Crippen LogP contribution in [0.2, 0.25) is 0 Å². The summed E-state index contributed by atoms with van der Waals surface area (Å²) in [6.07, 6.45) is 1.55. The molecule has 0 unspecified atom stereocenters. The summed E-state index contributed by atoms with van der Waals surface area (Å²) in [4.78, 5) is 0. The highest BCUT2D eigenvalue weighted by Gasteiger charge is 2.15. The van der Waals surface area contributed by atoms with Crippen molar-refractivity contribution >= 4 is 10.0 Å². The first-order valence-corrected chi connectivity index (χ1v) is 6.35. The molecular formula is C9H16N2O2S. The summed E-state index contributed by atoms with van der Waals surface area (Å²) in [6.45, 7) is 5.51. The fraction of sp³-hybridized carbons (Fsp3) is 0.667. The van der Waals surface area contributed by atoms with E-state index in [9.17, 15) is 8.42 Å². The molecular weight excluding hydrogens is 200 g/mol. The molecule has 0 radical (unpaired) electrons. The van der Waals surface area contributed by atoms with Crippen LogP contribution in [0.25, 0.3) is 0 Å². The standard InChI is InChI=1S/C9H16N2O2S/c1-4-5-6-14(12,13)11-9(3)7-8(2)10-11/h7H,4-6H2,1-3H3. The number of rotatable bonds is 4. The van der Waals surface area contributed by atoms with Gasteiger partial charge < -0.3 is 0 Å². The third kappa shape index (κ3) is 2.35. The molecule has 0 atom stereocenters. The monoisotopic (exact) mass is 216 g/mol. The van der Waals surface area contributed by atoms with Crippen LogP contribution in [-0.2, 0) is 10.0 Å².